The molecule has 1 aromatic carbocycles. The number of aryl methyl sites for hydroxylation is 2. The zero-order chi connectivity index (χ0) is 23.8. The third-order valence-corrected chi connectivity index (χ3v) is 11.0. The molecule has 2 aliphatic rings. The number of rotatable bonds is 8. The quantitative estimate of drug-likeness (QED) is 0.593. The highest BCUT2D eigenvalue weighted by Crippen LogP contribution is 2.32. The smallest absolute Gasteiger partial charge is 0.184 e. The second-order valence-electron chi connectivity index (χ2n) is 9.04. The highest BCUT2D eigenvalue weighted by Gasteiger charge is 2.46. The summed E-state index contributed by atoms with van der Waals surface area (Å²) in [5, 5.41) is 2.25. The molecule has 3 heterocycles. The third kappa shape index (κ3) is 4.99. The zero-order valence-corrected chi connectivity index (χ0v) is 20.9. The van der Waals surface area contributed by atoms with Crippen molar-refractivity contribution in [1.29, 1.82) is 0 Å². The summed E-state index contributed by atoms with van der Waals surface area (Å²) >= 11 is 0. The van der Waals surface area contributed by atoms with Crippen LogP contribution in [0.2, 0.25) is 0 Å². The summed E-state index contributed by atoms with van der Waals surface area (Å²) in [5.41, 5.74) is 1.24. The van der Waals surface area contributed by atoms with Crippen LogP contribution in [0.4, 0.5) is 0 Å². The van der Waals surface area contributed by atoms with E-state index in [0.29, 0.717) is 23.4 Å². The molecule has 3 atom stereocenters. The summed E-state index contributed by atoms with van der Waals surface area (Å²) in [6, 6.07) is 6.25. The summed E-state index contributed by atoms with van der Waals surface area (Å²) in [4.78, 5) is 2.47. The molecule has 0 saturated carbocycles. The Labute approximate surface area is 196 Å². The van der Waals surface area contributed by atoms with Gasteiger partial charge in [0.25, 0.3) is 0 Å². The molecule has 2 aromatic rings. The Hall–Kier alpha value is -1.88. The minimum Gasteiger partial charge on any atom is -0.496 e. The average Bonchev–Trinajstić information content (AvgIpc) is 3.51. The van der Waals surface area contributed by atoms with Crippen molar-refractivity contribution in [2.75, 3.05) is 38.2 Å². The molecule has 4 rings (SSSR count). The van der Waals surface area contributed by atoms with Crippen LogP contribution in [0.1, 0.15) is 35.8 Å². The summed E-state index contributed by atoms with van der Waals surface area (Å²) in [7, 11) is -5.85. The Morgan fingerprint density at radius 1 is 1.18 bits per heavy atom. The molecule has 2 saturated heterocycles. The van der Waals surface area contributed by atoms with E-state index >= 15 is 0 Å². The molecule has 33 heavy (non-hydrogen) atoms. The zero-order valence-electron chi connectivity index (χ0n) is 19.3. The lowest BCUT2D eigenvalue weighted by atomic mass is 10.1. The Balaban J connectivity index is 1.61. The second-order valence-corrected chi connectivity index (χ2v) is 13.3. The normalized spacial score (nSPS) is 24.2. The standard InChI is InChI=1S/C23H32N2O6S2/c1-16-12-22(17(2)11-21(16)30-3)33(28,29)23-15-32(26,27)14-18(23)24-13-19(20-7-6-10-31-20)25-8-4-5-9-25/h6-7,10-12,18-19,23-24H,4-5,8-9,13-15H2,1-3H3/t18-,19?,23-/m0/s1. The van der Waals surface area contributed by atoms with Crippen LogP contribution in [0.25, 0.3) is 0 Å². The van der Waals surface area contributed by atoms with Gasteiger partial charge >= 0.3 is 0 Å². The number of nitrogens with zero attached hydrogens (tertiary/aromatic N) is 1. The lowest BCUT2D eigenvalue weighted by Gasteiger charge is -2.29. The van der Waals surface area contributed by atoms with E-state index < -0.39 is 31.0 Å². The van der Waals surface area contributed by atoms with Gasteiger partial charge in [0.15, 0.2) is 19.7 Å². The lowest BCUT2D eigenvalue weighted by molar-refractivity contribution is 0.206. The fourth-order valence-electron chi connectivity index (χ4n) is 4.97. The Bertz CT molecular complexity index is 1190. The first kappa shape index (κ1) is 24.3. The van der Waals surface area contributed by atoms with Gasteiger partial charge in [-0.05, 0) is 75.2 Å². The summed E-state index contributed by atoms with van der Waals surface area (Å²) < 4.78 is 63.4. The molecule has 8 nitrogen and oxygen atoms in total. The van der Waals surface area contributed by atoms with Gasteiger partial charge in [0, 0.05) is 12.6 Å². The monoisotopic (exact) mass is 496 g/mol. The number of benzene rings is 1. The van der Waals surface area contributed by atoms with Crippen LogP contribution in [0.3, 0.4) is 0 Å². The number of ether oxygens (including phenoxy) is 1. The molecule has 0 aliphatic carbocycles. The molecule has 0 spiro atoms. The molecule has 0 radical (unpaired) electrons. The second kappa shape index (κ2) is 9.40. The van der Waals surface area contributed by atoms with E-state index in [2.05, 4.69) is 10.2 Å². The summed E-state index contributed by atoms with van der Waals surface area (Å²) in [6.45, 7) is 5.77. The van der Waals surface area contributed by atoms with Crippen molar-refractivity contribution in [1.82, 2.24) is 10.2 Å². The van der Waals surface area contributed by atoms with Crippen molar-refractivity contribution in [2.45, 2.75) is 48.9 Å². The maximum Gasteiger partial charge on any atom is 0.184 e. The van der Waals surface area contributed by atoms with E-state index in [1.807, 2.05) is 12.1 Å². The van der Waals surface area contributed by atoms with E-state index in [9.17, 15) is 16.8 Å². The first-order valence-corrected chi connectivity index (χ1v) is 14.6. The van der Waals surface area contributed by atoms with Gasteiger partial charge in [-0.3, -0.25) is 4.90 Å². The molecule has 1 unspecified atom stereocenters. The van der Waals surface area contributed by atoms with Crippen molar-refractivity contribution in [3.05, 3.63) is 47.4 Å². The average molecular weight is 497 g/mol. The molecule has 0 amide bonds. The highest BCUT2D eigenvalue weighted by molar-refractivity contribution is 7.96. The van der Waals surface area contributed by atoms with Gasteiger partial charge in [-0.1, -0.05) is 0 Å². The van der Waals surface area contributed by atoms with E-state index in [-0.39, 0.29) is 22.4 Å². The predicted octanol–water partition coefficient (Wildman–Crippen LogP) is 2.27. The van der Waals surface area contributed by atoms with Gasteiger partial charge in [0.1, 0.15) is 11.5 Å². The number of methoxy groups -OCH3 is 1. The number of hydrogen-bond acceptors (Lipinski definition) is 8. The van der Waals surface area contributed by atoms with Crippen LogP contribution < -0.4 is 10.1 Å². The van der Waals surface area contributed by atoms with Crippen LogP contribution in [0, 0.1) is 13.8 Å². The largest absolute Gasteiger partial charge is 0.496 e. The molecule has 0 bridgehead atoms. The van der Waals surface area contributed by atoms with Crippen LogP contribution in [-0.2, 0) is 19.7 Å². The van der Waals surface area contributed by atoms with Crippen molar-refractivity contribution in [2.24, 2.45) is 0 Å². The Kier molecular flexibility index (Phi) is 6.91. The van der Waals surface area contributed by atoms with Crippen molar-refractivity contribution in [3.8, 4) is 5.75 Å². The molecular weight excluding hydrogens is 464 g/mol. The van der Waals surface area contributed by atoms with Crippen LogP contribution >= 0.6 is 0 Å². The van der Waals surface area contributed by atoms with Crippen LogP contribution in [0.5, 0.6) is 5.75 Å². The minimum absolute atomic E-state index is 0.0703. The molecular formula is C23H32N2O6S2. The minimum atomic E-state index is -3.89. The molecule has 182 valence electrons. The van der Waals surface area contributed by atoms with Gasteiger partial charge in [0.05, 0.1) is 41.1 Å². The summed E-state index contributed by atoms with van der Waals surface area (Å²) in [5.74, 6) is 0.821. The molecule has 2 aliphatic heterocycles. The predicted molar refractivity (Wildman–Crippen MR) is 126 cm³/mol. The van der Waals surface area contributed by atoms with Gasteiger partial charge in [0.2, 0.25) is 0 Å². The highest BCUT2D eigenvalue weighted by atomic mass is 32.2. The van der Waals surface area contributed by atoms with Gasteiger partial charge < -0.3 is 14.5 Å². The van der Waals surface area contributed by atoms with Gasteiger partial charge in [-0.25, -0.2) is 16.8 Å². The van der Waals surface area contributed by atoms with E-state index in [4.69, 9.17) is 9.15 Å². The fourth-order valence-corrected chi connectivity index (χ4v) is 10.00. The van der Waals surface area contributed by atoms with Crippen molar-refractivity contribution < 1.29 is 26.0 Å². The molecule has 2 fully saturated rings. The SMILES string of the molecule is COc1cc(C)c(S(=O)(=O)[C@H]2CS(=O)(=O)C[C@@H]2NCC(c2ccco2)N2CCCC2)cc1C. The first-order chi connectivity index (χ1) is 15.6. The number of hydrogen-bond donors (Lipinski definition) is 1. The van der Waals surface area contributed by atoms with Gasteiger partial charge in [-0.15, -0.1) is 0 Å². The third-order valence-electron chi connectivity index (χ3n) is 6.72. The van der Waals surface area contributed by atoms with Crippen LogP contribution in [-0.4, -0.2) is 71.3 Å². The van der Waals surface area contributed by atoms with E-state index in [1.165, 1.54) is 7.11 Å². The first-order valence-electron chi connectivity index (χ1n) is 11.2. The number of furan rings is 1. The van der Waals surface area contributed by atoms with Gasteiger partial charge in [-0.2, -0.15) is 0 Å². The van der Waals surface area contributed by atoms with Crippen molar-refractivity contribution in [3.63, 3.8) is 0 Å². The Morgan fingerprint density at radius 3 is 2.55 bits per heavy atom. The maximum atomic E-state index is 13.7. The van der Waals surface area contributed by atoms with Crippen molar-refractivity contribution >= 4 is 19.7 Å². The number of nitrogens with one attached hydrogen (secondary N) is 1. The maximum absolute atomic E-state index is 13.7. The lowest BCUT2D eigenvalue weighted by Crippen LogP contribution is -2.46. The molecule has 1 N–H and O–H groups in total. The number of likely N-dealkylation sites (tertiary alicyclic amines) is 1. The van der Waals surface area contributed by atoms with E-state index in [1.54, 1.807) is 32.2 Å². The fraction of sp³-hybridized carbons (Fsp3) is 0.565. The van der Waals surface area contributed by atoms with Crippen LogP contribution in [0.15, 0.2) is 39.8 Å². The molecule has 10 heteroatoms. The summed E-state index contributed by atoms with van der Waals surface area (Å²) in [6.07, 6.45) is 3.82. The van der Waals surface area contributed by atoms with E-state index in [0.717, 1.165) is 31.7 Å². The topological polar surface area (TPSA) is 106 Å². The number of sulfone groups is 2. The Morgan fingerprint density at radius 2 is 1.91 bits per heavy atom. The molecule has 1 aromatic heterocycles.